The van der Waals surface area contributed by atoms with Gasteiger partial charge in [-0.3, -0.25) is 0 Å². The topological polar surface area (TPSA) is 51.8 Å². The predicted molar refractivity (Wildman–Crippen MR) is 63.1 cm³/mol. The van der Waals surface area contributed by atoms with Crippen LogP contribution in [0.5, 0.6) is 0 Å². The fourth-order valence-corrected chi connectivity index (χ4v) is 2.79. The smallest absolute Gasteiger partial charge is 0.174 e. The van der Waals surface area contributed by atoms with E-state index in [9.17, 15) is 0 Å². The maximum absolute atomic E-state index is 5.70. The Balaban J connectivity index is 2.28. The summed E-state index contributed by atoms with van der Waals surface area (Å²) in [6, 6.07) is 6.29. The number of nitrogens with two attached hydrogens (primary N) is 1. The molecular weight excluding hydrogens is 226 g/mol. The number of aryl methyl sites for hydroxylation is 1. The van der Waals surface area contributed by atoms with Crippen molar-refractivity contribution in [3.63, 3.8) is 0 Å². The van der Waals surface area contributed by atoms with Crippen LogP contribution in [0.25, 0.3) is 0 Å². The second kappa shape index (κ2) is 4.74. The Morgan fingerprint density at radius 2 is 2.33 bits per heavy atom. The summed E-state index contributed by atoms with van der Waals surface area (Å²) in [5.41, 5.74) is 8.10. The molecule has 0 aliphatic rings. The molecule has 0 aliphatic heterocycles. The van der Waals surface area contributed by atoms with Crippen molar-refractivity contribution in [2.45, 2.75) is 22.7 Å². The zero-order valence-corrected chi connectivity index (χ0v) is 9.94. The van der Waals surface area contributed by atoms with E-state index in [0.29, 0.717) is 6.54 Å². The van der Waals surface area contributed by atoms with Crippen LogP contribution in [-0.2, 0) is 6.54 Å². The van der Waals surface area contributed by atoms with E-state index in [2.05, 4.69) is 34.5 Å². The molecule has 2 N–H and O–H groups in total. The van der Waals surface area contributed by atoms with E-state index in [1.807, 2.05) is 0 Å². The highest BCUT2D eigenvalue weighted by Crippen LogP contribution is 2.31. The summed E-state index contributed by atoms with van der Waals surface area (Å²) in [5, 5.41) is 0. The molecule has 0 radical (unpaired) electrons. The SMILES string of the molecule is Cc1ccc(Sc2ncns2)c(CN)c1. The molecule has 78 valence electrons. The van der Waals surface area contributed by atoms with Gasteiger partial charge in [-0.25, -0.2) is 4.98 Å². The van der Waals surface area contributed by atoms with Crippen LogP contribution in [0.15, 0.2) is 33.8 Å². The van der Waals surface area contributed by atoms with Crippen LogP contribution in [0.4, 0.5) is 0 Å². The maximum Gasteiger partial charge on any atom is 0.174 e. The van der Waals surface area contributed by atoms with Gasteiger partial charge in [0, 0.05) is 11.4 Å². The first kappa shape index (κ1) is 10.6. The van der Waals surface area contributed by atoms with E-state index in [0.717, 1.165) is 9.90 Å². The fraction of sp³-hybridized carbons (Fsp3) is 0.200. The molecule has 1 aromatic heterocycles. The van der Waals surface area contributed by atoms with E-state index in [1.165, 1.54) is 22.0 Å². The summed E-state index contributed by atoms with van der Waals surface area (Å²) < 4.78 is 4.92. The first-order chi connectivity index (χ1) is 7.29. The molecule has 1 aromatic carbocycles. The number of aromatic nitrogens is 2. The van der Waals surface area contributed by atoms with Crippen molar-refractivity contribution < 1.29 is 0 Å². The number of benzene rings is 1. The maximum atomic E-state index is 5.70. The monoisotopic (exact) mass is 237 g/mol. The molecule has 0 unspecified atom stereocenters. The van der Waals surface area contributed by atoms with E-state index in [1.54, 1.807) is 18.1 Å². The zero-order valence-electron chi connectivity index (χ0n) is 8.30. The normalized spacial score (nSPS) is 10.5. The molecule has 1 heterocycles. The Hall–Kier alpha value is -0.910. The van der Waals surface area contributed by atoms with Crippen molar-refractivity contribution in [3.05, 3.63) is 35.7 Å². The van der Waals surface area contributed by atoms with Gasteiger partial charge in [-0.2, -0.15) is 4.37 Å². The minimum atomic E-state index is 0.558. The first-order valence-corrected chi connectivity index (χ1v) is 6.12. The standard InChI is InChI=1S/C10H11N3S2/c1-7-2-3-9(8(4-7)5-11)14-10-12-6-13-15-10/h2-4,6H,5,11H2,1H3. The third-order valence-electron chi connectivity index (χ3n) is 1.97. The molecule has 0 aliphatic carbocycles. The second-order valence-electron chi connectivity index (χ2n) is 3.12. The summed E-state index contributed by atoms with van der Waals surface area (Å²) in [6.07, 6.45) is 1.57. The average molecular weight is 237 g/mol. The third-order valence-corrected chi connectivity index (χ3v) is 3.81. The highest BCUT2D eigenvalue weighted by Gasteiger charge is 2.05. The predicted octanol–water partition coefficient (Wildman–Crippen LogP) is 2.46. The summed E-state index contributed by atoms with van der Waals surface area (Å²) in [5.74, 6) is 0. The summed E-state index contributed by atoms with van der Waals surface area (Å²) in [7, 11) is 0. The molecule has 0 fully saturated rings. The van der Waals surface area contributed by atoms with Gasteiger partial charge in [0.25, 0.3) is 0 Å². The second-order valence-corrected chi connectivity index (χ2v) is 5.19. The van der Waals surface area contributed by atoms with Gasteiger partial charge in [-0.1, -0.05) is 29.5 Å². The van der Waals surface area contributed by atoms with Gasteiger partial charge in [-0.15, -0.1) is 0 Å². The summed E-state index contributed by atoms with van der Waals surface area (Å²) >= 11 is 3.02. The zero-order chi connectivity index (χ0) is 10.7. The Morgan fingerprint density at radius 3 is 3.00 bits per heavy atom. The van der Waals surface area contributed by atoms with Gasteiger partial charge in [0.15, 0.2) is 4.34 Å². The molecule has 2 rings (SSSR count). The van der Waals surface area contributed by atoms with Crippen LogP contribution < -0.4 is 5.73 Å². The average Bonchev–Trinajstić information content (AvgIpc) is 2.73. The number of hydrogen-bond acceptors (Lipinski definition) is 5. The van der Waals surface area contributed by atoms with Crippen molar-refractivity contribution in [3.8, 4) is 0 Å². The van der Waals surface area contributed by atoms with Gasteiger partial charge in [-0.05, 0) is 30.1 Å². The van der Waals surface area contributed by atoms with Crippen LogP contribution >= 0.6 is 23.3 Å². The third kappa shape index (κ3) is 2.56. The largest absolute Gasteiger partial charge is 0.326 e. The lowest BCUT2D eigenvalue weighted by molar-refractivity contribution is 1.02. The van der Waals surface area contributed by atoms with E-state index < -0.39 is 0 Å². The molecule has 0 bridgehead atoms. The van der Waals surface area contributed by atoms with Gasteiger partial charge < -0.3 is 5.73 Å². The van der Waals surface area contributed by atoms with Crippen molar-refractivity contribution in [1.82, 2.24) is 9.36 Å². The lowest BCUT2D eigenvalue weighted by atomic mass is 10.1. The minimum absolute atomic E-state index is 0.558. The van der Waals surface area contributed by atoms with Crippen molar-refractivity contribution in [1.29, 1.82) is 0 Å². The molecule has 5 heteroatoms. The molecule has 0 atom stereocenters. The summed E-state index contributed by atoms with van der Waals surface area (Å²) in [6.45, 7) is 2.63. The van der Waals surface area contributed by atoms with E-state index in [-0.39, 0.29) is 0 Å². The molecule has 3 nitrogen and oxygen atoms in total. The van der Waals surface area contributed by atoms with E-state index >= 15 is 0 Å². The van der Waals surface area contributed by atoms with Gasteiger partial charge in [0.1, 0.15) is 6.33 Å². The Labute approximate surface area is 96.9 Å². The number of nitrogens with zero attached hydrogens (tertiary/aromatic N) is 2. The quantitative estimate of drug-likeness (QED) is 0.891. The minimum Gasteiger partial charge on any atom is -0.326 e. The van der Waals surface area contributed by atoms with Crippen LogP contribution in [0.1, 0.15) is 11.1 Å². The molecule has 0 spiro atoms. The van der Waals surface area contributed by atoms with Gasteiger partial charge in [0.2, 0.25) is 0 Å². The Bertz CT molecular complexity index is 440. The molecule has 15 heavy (non-hydrogen) atoms. The Morgan fingerprint density at radius 1 is 1.47 bits per heavy atom. The van der Waals surface area contributed by atoms with Crippen molar-refractivity contribution in [2.24, 2.45) is 5.73 Å². The lowest BCUT2D eigenvalue weighted by Gasteiger charge is -2.06. The number of hydrogen-bond donors (Lipinski definition) is 1. The summed E-state index contributed by atoms with van der Waals surface area (Å²) in [4.78, 5) is 5.31. The van der Waals surface area contributed by atoms with Crippen LogP contribution in [0, 0.1) is 6.92 Å². The van der Waals surface area contributed by atoms with Crippen molar-refractivity contribution in [2.75, 3.05) is 0 Å². The van der Waals surface area contributed by atoms with Gasteiger partial charge in [0.05, 0.1) is 0 Å². The van der Waals surface area contributed by atoms with Crippen LogP contribution in [0.3, 0.4) is 0 Å². The molecule has 0 amide bonds. The highest BCUT2D eigenvalue weighted by atomic mass is 32.2. The molecule has 0 saturated heterocycles. The van der Waals surface area contributed by atoms with Crippen LogP contribution in [-0.4, -0.2) is 9.36 Å². The highest BCUT2D eigenvalue weighted by molar-refractivity contribution is 8.01. The van der Waals surface area contributed by atoms with Gasteiger partial charge >= 0.3 is 0 Å². The van der Waals surface area contributed by atoms with Crippen molar-refractivity contribution >= 4 is 23.3 Å². The van der Waals surface area contributed by atoms with E-state index in [4.69, 9.17) is 5.73 Å². The number of rotatable bonds is 3. The lowest BCUT2D eigenvalue weighted by Crippen LogP contribution is -1.98. The Kier molecular flexibility index (Phi) is 3.35. The first-order valence-electron chi connectivity index (χ1n) is 4.53. The van der Waals surface area contributed by atoms with Crippen LogP contribution in [0.2, 0.25) is 0 Å². The fourth-order valence-electron chi connectivity index (χ4n) is 1.27. The molecule has 0 saturated carbocycles. The molecule has 2 aromatic rings. The molecular formula is C10H11N3S2.